The number of aromatic nitrogens is 1. The van der Waals surface area contributed by atoms with Crippen LogP contribution >= 0.6 is 0 Å². The summed E-state index contributed by atoms with van der Waals surface area (Å²) in [7, 11) is 3.34. The summed E-state index contributed by atoms with van der Waals surface area (Å²) in [5, 5.41) is 14.4. The van der Waals surface area contributed by atoms with Gasteiger partial charge in [-0.1, -0.05) is 12.1 Å². The topological polar surface area (TPSA) is 115 Å². The van der Waals surface area contributed by atoms with Crippen LogP contribution in [0, 0.1) is 16.0 Å². The van der Waals surface area contributed by atoms with E-state index in [1.54, 1.807) is 62.8 Å². The molecule has 0 aliphatic carbocycles. The maximum atomic E-state index is 14.1. The molecule has 2 aliphatic heterocycles. The number of likely N-dealkylation sites (tertiary alicyclic amines) is 1. The number of carbonyl (C=O) groups is 2. The van der Waals surface area contributed by atoms with Crippen molar-refractivity contribution in [2.24, 2.45) is 5.92 Å². The zero-order valence-electron chi connectivity index (χ0n) is 18.6. The van der Waals surface area contributed by atoms with Gasteiger partial charge in [-0.2, -0.15) is 0 Å². The number of likely N-dealkylation sites (N-methyl/N-ethyl adjacent to an activating group) is 1. The SMILES string of the molecule is COc1ccc2c(c1)[C@]1(C(=O)N2)[C@H](C(=O)c2cccnc2)[C@@H](c2cccc([N+](=O)[O-])c2)CN1C. The van der Waals surface area contributed by atoms with Crippen LogP contribution < -0.4 is 10.1 Å². The van der Waals surface area contributed by atoms with Gasteiger partial charge >= 0.3 is 0 Å². The van der Waals surface area contributed by atoms with Crippen LogP contribution in [0.15, 0.2) is 67.0 Å². The van der Waals surface area contributed by atoms with Crippen LogP contribution in [-0.4, -0.2) is 47.2 Å². The first-order chi connectivity index (χ1) is 16.4. The van der Waals surface area contributed by atoms with Gasteiger partial charge in [-0.25, -0.2) is 0 Å². The lowest BCUT2D eigenvalue weighted by atomic mass is 9.70. The molecule has 0 unspecified atom stereocenters. The van der Waals surface area contributed by atoms with Gasteiger partial charge in [0.1, 0.15) is 11.3 Å². The number of carbonyl (C=O) groups excluding carboxylic acids is 2. The van der Waals surface area contributed by atoms with Crippen LogP contribution in [0.4, 0.5) is 11.4 Å². The number of ether oxygens (including phenoxy) is 1. The molecular formula is C25H22N4O5. The lowest BCUT2D eigenvalue weighted by Gasteiger charge is -2.35. The average Bonchev–Trinajstić information content (AvgIpc) is 3.33. The van der Waals surface area contributed by atoms with E-state index in [1.165, 1.54) is 18.3 Å². The van der Waals surface area contributed by atoms with E-state index in [0.29, 0.717) is 34.7 Å². The lowest BCUT2D eigenvalue weighted by Crippen LogP contribution is -2.51. The van der Waals surface area contributed by atoms with E-state index in [9.17, 15) is 19.7 Å². The maximum absolute atomic E-state index is 14.1. The number of non-ortho nitro benzene ring substituents is 1. The van der Waals surface area contributed by atoms with Crippen molar-refractivity contribution >= 4 is 23.1 Å². The number of Topliss-reactive ketones (excluding diaryl/α,β-unsaturated/α-hetero) is 1. The quantitative estimate of drug-likeness (QED) is 0.354. The van der Waals surface area contributed by atoms with Gasteiger partial charge in [0.15, 0.2) is 5.78 Å². The molecule has 9 nitrogen and oxygen atoms in total. The van der Waals surface area contributed by atoms with E-state index in [2.05, 4.69) is 10.3 Å². The molecule has 1 N–H and O–H groups in total. The minimum Gasteiger partial charge on any atom is -0.497 e. The summed E-state index contributed by atoms with van der Waals surface area (Å²) in [6.07, 6.45) is 3.06. The number of nitro benzene ring substituents is 1. The van der Waals surface area contributed by atoms with E-state index in [0.717, 1.165) is 0 Å². The number of nitrogens with one attached hydrogen (secondary N) is 1. The first kappa shape index (κ1) is 21.7. The number of anilines is 1. The fourth-order valence-electron chi connectivity index (χ4n) is 5.40. The minimum atomic E-state index is -1.31. The van der Waals surface area contributed by atoms with E-state index in [-0.39, 0.29) is 17.4 Å². The van der Waals surface area contributed by atoms with Crippen LogP contribution in [0.5, 0.6) is 5.75 Å². The Bertz CT molecular complexity index is 1310. The predicted molar refractivity (Wildman–Crippen MR) is 124 cm³/mol. The summed E-state index contributed by atoms with van der Waals surface area (Å²) in [5.41, 5.74) is 0.889. The number of hydrogen-bond acceptors (Lipinski definition) is 7. The number of hydrogen-bond donors (Lipinski definition) is 1. The highest BCUT2D eigenvalue weighted by atomic mass is 16.6. The van der Waals surface area contributed by atoms with Gasteiger partial charge in [-0.15, -0.1) is 0 Å². The molecule has 9 heteroatoms. The molecule has 0 bridgehead atoms. The van der Waals surface area contributed by atoms with Gasteiger partial charge in [-0.3, -0.25) is 29.6 Å². The molecule has 5 rings (SSSR count). The van der Waals surface area contributed by atoms with Crippen molar-refractivity contribution in [3.8, 4) is 5.75 Å². The minimum absolute atomic E-state index is 0.0633. The zero-order chi connectivity index (χ0) is 24.0. The third-order valence-corrected chi connectivity index (χ3v) is 6.89. The van der Waals surface area contributed by atoms with Crippen LogP contribution in [0.1, 0.15) is 27.4 Å². The molecule has 3 heterocycles. The van der Waals surface area contributed by atoms with Crippen molar-refractivity contribution in [2.75, 3.05) is 26.0 Å². The van der Waals surface area contributed by atoms with E-state index in [4.69, 9.17) is 4.74 Å². The van der Waals surface area contributed by atoms with E-state index in [1.807, 2.05) is 4.90 Å². The Morgan fingerprint density at radius 3 is 2.76 bits per heavy atom. The van der Waals surface area contributed by atoms with E-state index >= 15 is 0 Å². The summed E-state index contributed by atoms with van der Waals surface area (Å²) in [5.74, 6) is -1.32. The van der Waals surface area contributed by atoms with Gasteiger partial charge < -0.3 is 10.1 Å². The molecule has 172 valence electrons. The molecule has 1 fully saturated rings. The third kappa shape index (κ3) is 3.08. The molecule has 2 aromatic carbocycles. The standard InChI is InChI=1S/C25H22N4O5/c1-28-14-19(15-5-3-7-17(11-15)29(32)33)22(23(30)16-6-4-10-26-13-16)25(28)20-12-18(34-2)8-9-21(20)27-24(25)31/h3-13,19,22H,14H2,1-2H3,(H,27,31)/t19-,22+,25-/m1/s1. The van der Waals surface area contributed by atoms with Gasteiger partial charge in [0.25, 0.3) is 5.69 Å². The molecule has 0 saturated carbocycles. The van der Waals surface area contributed by atoms with Crippen molar-refractivity contribution in [2.45, 2.75) is 11.5 Å². The lowest BCUT2D eigenvalue weighted by molar-refractivity contribution is -0.384. The van der Waals surface area contributed by atoms with E-state index < -0.39 is 22.3 Å². The summed E-state index contributed by atoms with van der Waals surface area (Å²) in [6.45, 7) is 0.349. The Balaban J connectivity index is 1.74. The molecule has 3 aromatic rings. The summed E-state index contributed by atoms with van der Waals surface area (Å²) < 4.78 is 5.42. The van der Waals surface area contributed by atoms with Gasteiger partial charge in [0.2, 0.25) is 5.91 Å². The Hall–Kier alpha value is -4.11. The second-order valence-electron chi connectivity index (χ2n) is 8.55. The molecule has 0 radical (unpaired) electrons. The van der Waals surface area contributed by atoms with Gasteiger partial charge in [-0.05, 0) is 42.9 Å². The Morgan fingerprint density at radius 2 is 2.06 bits per heavy atom. The number of ketones is 1. The van der Waals surface area contributed by atoms with Crippen molar-refractivity contribution in [3.05, 3.63) is 93.8 Å². The summed E-state index contributed by atoms with van der Waals surface area (Å²) in [6, 6.07) is 14.9. The molecule has 1 aromatic heterocycles. The highest BCUT2D eigenvalue weighted by Crippen LogP contribution is 2.56. The maximum Gasteiger partial charge on any atom is 0.269 e. The van der Waals surface area contributed by atoms with Crippen LogP contribution in [-0.2, 0) is 10.3 Å². The highest BCUT2D eigenvalue weighted by molar-refractivity contribution is 6.12. The van der Waals surface area contributed by atoms with Crippen molar-refractivity contribution in [1.29, 1.82) is 0 Å². The van der Waals surface area contributed by atoms with Crippen LogP contribution in [0.25, 0.3) is 0 Å². The number of benzene rings is 2. The van der Waals surface area contributed by atoms with Gasteiger partial charge in [0.05, 0.1) is 18.0 Å². The van der Waals surface area contributed by atoms with Crippen LogP contribution in [0.2, 0.25) is 0 Å². The number of nitro groups is 1. The van der Waals surface area contributed by atoms with Crippen molar-refractivity contribution in [3.63, 3.8) is 0 Å². The fraction of sp³-hybridized carbons (Fsp3) is 0.240. The molecular weight excluding hydrogens is 436 g/mol. The molecule has 1 spiro atoms. The number of nitrogens with zero attached hydrogens (tertiary/aromatic N) is 3. The molecule has 1 amide bonds. The second-order valence-corrected chi connectivity index (χ2v) is 8.55. The van der Waals surface area contributed by atoms with Crippen molar-refractivity contribution < 1.29 is 19.2 Å². The number of methoxy groups -OCH3 is 1. The Morgan fingerprint density at radius 1 is 1.24 bits per heavy atom. The number of rotatable bonds is 5. The number of amides is 1. The first-order valence-electron chi connectivity index (χ1n) is 10.8. The summed E-state index contributed by atoms with van der Waals surface area (Å²) >= 11 is 0. The highest BCUT2D eigenvalue weighted by Gasteiger charge is 2.64. The predicted octanol–water partition coefficient (Wildman–Crippen LogP) is 3.37. The normalized spacial score (nSPS) is 23.5. The third-order valence-electron chi connectivity index (χ3n) is 6.89. The van der Waals surface area contributed by atoms with Gasteiger partial charge in [0, 0.05) is 53.8 Å². The molecule has 1 saturated heterocycles. The summed E-state index contributed by atoms with van der Waals surface area (Å²) in [4.78, 5) is 44.7. The largest absolute Gasteiger partial charge is 0.497 e. The molecule has 3 atom stereocenters. The monoisotopic (exact) mass is 458 g/mol. The Labute approximate surface area is 195 Å². The average molecular weight is 458 g/mol. The first-order valence-corrected chi connectivity index (χ1v) is 10.8. The smallest absolute Gasteiger partial charge is 0.269 e. The number of fused-ring (bicyclic) bond motifs is 2. The van der Waals surface area contributed by atoms with Crippen molar-refractivity contribution in [1.82, 2.24) is 9.88 Å². The number of pyridine rings is 1. The second kappa shape index (κ2) is 8.03. The molecule has 34 heavy (non-hydrogen) atoms. The molecule has 2 aliphatic rings. The fourth-order valence-corrected chi connectivity index (χ4v) is 5.40. The Kier molecular flexibility index (Phi) is 5.13. The van der Waals surface area contributed by atoms with Crippen LogP contribution in [0.3, 0.4) is 0 Å². The zero-order valence-corrected chi connectivity index (χ0v) is 18.6.